The van der Waals surface area contributed by atoms with Gasteiger partial charge in [0.2, 0.25) is 28.5 Å². The normalized spacial score (nSPS) is 14.1. The van der Waals surface area contributed by atoms with Crippen LogP contribution in [0.4, 0.5) is 45.5 Å². The Bertz CT molecular complexity index is 7750. The van der Waals surface area contributed by atoms with Gasteiger partial charge in [0.25, 0.3) is 0 Å². The summed E-state index contributed by atoms with van der Waals surface area (Å²) < 4.78 is 28.1. The van der Waals surface area contributed by atoms with E-state index >= 15 is 0 Å². The molecule has 0 fully saturated rings. The minimum atomic E-state index is -1.81. The Balaban J connectivity index is 0.000000109. The van der Waals surface area contributed by atoms with E-state index in [1.54, 1.807) is 5.19 Å². The molecule has 144 heavy (non-hydrogen) atoms. The van der Waals surface area contributed by atoms with E-state index in [0.29, 0.717) is 15.0 Å². The van der Waals surface area contributed by atoms with Crippen molar-refractivity contribution in [3.63, 3.8) is 0 Å². The molecular weight excluding hydrogens is 1860 g/mol. The molecule has 12 nitrogen and oxygen atoms in total. The van der Waals surface area contributed by atoms with Crippen molar-refractivity contribution in [1.82, 2.24) is 0 Å². The topological polar surface area (TPSA) is 54.7 Å². The first-order chi connectivity index (χ1) is 69.2. The SMILES string of the molecule is Cc1cc2c(cc1-c1cccc[n+]1C)Oc1ccccc1O2.Cc1ccc2c(c1-c1cccc[n+]1C)C(C)(C)c1ccccc1C2(C)C.Cc1ccc2c(c1-c1cccc[n+]1C)C(C)(C)c1ccccc1N2C.Cc1ccc2c(c1-c1cccc[n+]1C)Sc1ccccc1N2C.Cc1ccc2c(c1-c1cccc[n+]1C)[Se]c1ccccc1N2C.Cc1ccc2c(c1-c1cccc[n+]1C)[Si](C)(C)c1ccccc1N2C. The van der Waals surface area contributed by atoms with Crippen molar-refractivity contribution in [2.24, 2.45) is 42.3 Å². The molecule has 12 aromatic carbocycles. The van der Waals surface area contributed by atoms with Gasteiger partial charge >= 0.3 is 143 Å². The standard InChI is InChI=1S/C25H28N.C23H25N2.C22H25N2Si.C20H19N2S.C20H19N2Se.C19H16NO2/c1-17-14-15-20-23(22(17)21-13-9-10-16-26(21)6)25(4,5)19-12-8-7-11-18(19)24(20,2)3;1-16-13-14-20-22(21(16)19-12-8-9-15-24(19)4)23(2,3)17-10-6-7-11-18(17)25(20)5;1-16-13-14-19-22(21(16)18-11-8-9-15-23(18)2)25(4,5)20-12-7-6-10-17(20)24(19)3;2*1-14-11-12-17-20(19(14)16-9-6-7-13-21(16)2)23-18-10-5-4-8-15(18)22(17)3;1-13-11-18-19(22-17-9-4-3-8-16(17)21-18)12-14(13)15-7-5-6-10-20(15)2/h7-16H,1-6H3;2*6-15H,1-5H3;2*4-13H,1-3H3;3-12H,1-2H3/q6*+1. The van der Waals surface area contributed by atoms with Gasteiger partial charge in [-0.2, -0.15) is 0 Å². The summed E-state index contributed by atoms with van der Waals surface area (Å²) in [6.45, 7) is 32.4. The largest absolute Gasteiger partial charge is 0.345 e. The van der Waals surface area contributed by atoms with Crippen molar-refractivity contribution in [3.8, 4) is 90.5 Å². The van der Waals surface area contributed by atoms with Crippen molar-refractivity contribution < 1.29 is 36.9 Å². The zero-order chi connectivity index (χ0) is 101. The molecule has 6 aromatic heterocycles. The zero-order valence-corrected chi connectivity index (χ0v) is 91.3. The molecule has 5 aliphatic heterocycles. The number of anilines is 8. The number of ether oxygens (including phenoxy) is 2. The smallest absolute Gasteiger partial charge is 0.212 e. The van der Waals surface area contributed by atoms with E-state index in [0.717, 1.165) is 39.8 Å². The Kier molecular flexibility index (Phi) is 27.0. The predicted octanol–water partition coefficient (Wildman–Crippen LogP) is 25.1. The zero-order valence-electron chi connectivity index (χ0n) is 87.7. The van der Waals surface area contributed by atoms with Crippen LogP contribution in [0.3, 0.4) is 0 Å². The number of para-hydroxylation sites is 6. The van der Waals surface area contributed by atoms with Gasteiger partial charge in [0.1, 0.15) is 43.3 Å². The number of hydrogen-bond acceptors (Lipinski definition) is 7. The van der Waals surface area contributed by atoms with Crippen LogP contribution in [-0.4, -0.2) is 51.2 Å². The Morgan fingerprint density at radius 3 is 1.20 bits per heavy atom. The Morgan fingerprint density at radius 1 is 0.278 bits per heavy atom. The molecule has 18 aromatic rings. The monoisotopic (exact) mass is 1990 g/mol. The first-order valence-electron chi connectivity index (χ1n) is 49.9. The maximum absolute atomic E-state index is 6.00. The number of aryl methyl sites for hydroxylation is 12. The summed E-state index contributed by atoms with van der Waals surface area (Å²) in [7, 11) is 19.6. The molecule has 0 unspecified atom stereocenters. The molecule has 0 saturated heterocycles. The van der Waals surface area contributed by atoms with Crippen molar-refractivity contribution in [2.45, 2.75) is 122 Å². The third kappa shape index (κ3) is 17.8. The molecule has 0 atom stereocenters. The van der Waals surface area contributed by atoms with Crippen LogP contribution in [0, 0.1) is 41.5 Å². The maximum atomic E-state index is 6.00. The van der Waals surface area contributed by atoms with Gasteiger partial charge in [0, 0.05) is 131 Å². The van der Waals surface area contributed by atoms with E-state index in [-0.39, 0.29) is 16.2 Å². The first-order valence-corrected chi connectivity index (χ1v) is 55.5. The Morgan fingerprint density at radius 2 is 0.646 bits per heavy atom. The Labute approximate surface area is 864 Å². The number of fused-ring (bicyclic) bond motifs is 12. The molecule has 720 valence electrons. The van der Waals surface area contributed by atoms with E-state index in [1.165, 1.54) is 187 Å². The number of hydrogen-bond donors (Lipinski definition) is 0. The molecule has 6 aliphatic rings. The quantitative estimate of drug-likeness (QED) is 0.121. The third-order valence-corrected chi connectivity index (χ3v) is 37.6. The second-order valence-electron chi connectivity index (χ2n) is 41.1. The molecule has 24 rings (SSSR count). The summed E-state index contributed by atoms with van der Waals surface area (Å²) in [5.41, 5.74) is 42.5. The van der Waals surface area contributed by atoms with Crippen molar-refractivity contribution >= 4 is 99.6 Å². The average molecular weight is 1990 g/mol. The van der Waals surface area contributed by atoms with Crippen LogP contribution in [0.25, 0.3) is 67.5 Å². The van der Waals surface area contributed by atoms with Crippen molar-refractivity contribution in [2.75, 3.05) is 47.8 Å². The average Bonchev–Trinajstić information content (AvgIpc) is 0.705. The molecule has 1 aliphatic carbocycles. The van der Waals surface area contributed by atoms with E-state index in [4.69, 9.17) is 9.47 Å². The van der Waals surface area contributed by atoms with E-state index in [1.807, 2.05) is 67.5 Å². The van der Waals surface area contributed by atoms with Crippen molar-refractivity contribution in [3.05, 3.63) is 432 Å². The fraction of sp³-hybridized carbons (Fsp3) is 0.209. The van der Waals surface area contributed by atoms with Crippen LogP contribution in [0.1, 0.15) is 108 Å². The number of benzene rings is 12. The first kappa shape index (κ1) is 98.2. The molecule has 0 spiro atoms. The van der Waals surface area contributed by atoms with Gasteiger partial charge in [-0.25, -0.2) is 22.8 Å². The molecule has 0 saturated carbocycles. The summed E-state index contributed by atoms with van der Waals surface area (Å²) in [6.07, 6.45) is 12.7. The van der Waals surface area contributed by atoms with Crippen molar-refractivity contribution in [1.29, 1.82) is 0 Å². The molecule has 11 heterocycles. The number of nitrogens with zero attached hydrogens (tertiary/aromatic N) is 10. The molecular formula is C129H132N10O2SSeSi+6. The Hall–Kier alpha value is -14.6. The third-order valence-electron chi connectivity index (χ3n) is 30.4. The summed E-state index contributed by atoms with van der Waals surface area (Å²) in [6, 6.07) is 117. The number of pyridine rings is 6. The van der Waals surface area contributed by atoms with E-state index < -0.39 is 8.07 Å². The van der Waals surface area contributed by atoms with Gasteiger partial charge in [-0.05, 0) is 198 Å². The van der Waals surface area contributed by atoms with Crippen LogP contribution in [0.2, 0.25) is 13.1 Å². The fourth-order valence-corrected chi connectivity index (χ4v) is 30.3. The maximum Gasteiger partial charge on any atom is 0.212 e. The van der Waals surface area contributed by atoms with Gasteiger partial charge in [0.05, 0.1) is 44.1 Å². The summed E-state index contributed by atoms with van der Waals surface area (Å²) in [5, 5.41) is 3.07. The molecule has 0 amide bonds. The molecule has 0 radical (unpaired) electrons. The summed E-state index contributed by atoms with van der Waals surface area (Å²) in [5.74, 6) is 3.02. The number of aromatic nitrogens is 6. The van der Waals surface area contributed by atoms with Gasteiger partial charge in [-0.3, -0.25) is 0 Å². The van der Waals surface area contributed by atoms with E-state index in [2.05, 4.69) is 523 Å². The van der Waals surface area contributed by atoms with Gasteiger partial charge < -0.3 is 24.2 Å². The van der Waals surface area contributed by atoms with Gasteiger partial charge in [0.15, 0.2) is 54.0 Å². The van der Waals surface area contributed by atoms with E-state index in [9.17, 15) is 0 Å². The van der Waals surface area contributed by atoms with Crippen LogP contribution in [0.5, 0.6) is 23.0 Å². The minimum Gasteiger partial charge on any atom is -0.345 e. The van der Waals surface area contributed by atoms with Gasteiger partial charge in [-0.1, -0.05) is 182 Å². The minimum absolute atomic E-state index is 0.00273. The van der Waals surface area contributed by atoms with Gasteiger partial charge in [-0.15, -0.1) is 0 Å². The number of rotatable bonds is 6. The molecule has 15 heteroatoms. The second-order valence-corrected chi connectivity index (χ2v) is 48.6. The van der Waals surface area contributed by atoms with Crippen LogP contribution >= 0.6 is 11.8 Å². The fourth-order valence-electron chi connectivity index (χ4n) is 22.6. The molecule has 0 N–H and O–H groups in total. The van der Waals surface area contributed by atoms with Crippen LogP contribution < -0.4 is 75.8 Å². The van der Waals surface area contributed by atoms with Crippen LogP contribution in [-0.2, 0) is 58.5 Å². The summed E-state index contributed by atoms with van der Waals surface area (Å²) in [4.78, 5) is 12.0. The van der Waals surface area contributed by atoms with Crippen LogP contribution in [0.15, 0.2) is 375 Å². The predicted molar refractivity (Wildman–Crippen MR) is 600 cm³/mol. The summed E-state index contributed by atoms with van der Waals surface area (Å²) >= 11 is 2.20. The second kappa shape index (κ2) is 39.6. The molecule has 0 bridgehead atoms.